The molecule has 28 heavy (non-hydrogen) atoms. The molecule has 9 nitrogen and oxygen atoms in total. The molecule has 0 heterocycles. The van der Waals surface area contributed by atoms with E-state index in [9.17, 15) is 18.0 Å². The molecule has 0 radical (unpaired) electrons. The van der Waals surface area contributed by atoms with Crippen LogP contribution < -0.4 is 11.2 Å². The molecule has 0 spiro atoms. The van der Waals surface area contributed by atoms with E-state index in [0.717, 1.165) is 16.1 Å². The zero-order valence-corrected chi connectivity index (χ0v) is 17.2. The normalized spacial score (nSPS) is 12.6. The highest BCUT2D eigenvalue weighted by Gasteiger charge is 2.23. The van der Waals surface area contributed by atoms with Crippen molar-refractivity contribution in [3.63, 3.8) is 0 Å². The number of nitrogens with one attached hydrogen (secondary N) is 1. The predicted molar refractivity (Wildman–Crippen MR) is 104 cm³/mol. The highest BCUT2D eigenvalue weighted by molar-refractivity contribution is 7.70. The Labute approximate surface area is 170 Å². The summed E-state index contributed by atoms with van der Waals surface area (Å²) in [5, 5.41) is 9.00. The molecular formula is C17H24ClN3O6S. The molecule has 0 fully saturated rings. The van der Waals surface area contributed by atoms with Gasteiger partial charge in [0.1, 0.15) is 0 Å². The highest BCUT2D eigenvalue weighted by atomic mass is 35.5. The van der Waals surface area contributed by atoms with E-state index < -0.39 is 28.8 Å². The molecule has 1 unspecified atom stereocenters. The number of carbonyl (C=O) groups excluding carboxylic acids is 2. The summed E-state index contributed by atoms with van der Waals surface area (Å²) < 4.78 is 29.1. The van der Waals surface area contributed by atoms with Gasteiger partial charge in [0.25, 0.3) is 0 Å². The third-order valence-corrected chi connectivity index (χ3v) is 4.80. The van der Waals surface area contributed by atoms with Crippen LogP contribution in [0.4, 0.5) is 0 Å². The summed E-state index contributed by atoms with van der Waals surface area (Å²) in [6, 6.07) is 4.00. The quantitative estimate of drug-likeness (QED) is 0.143. The number of aryl methyl sites for hydroxylation is 1. The van der Waals surface area contributed by atoms with Gasteiger partial charge in [-0.2, -0.15) is 0 Å². The number of esters is 1. The zero-order chi connectivity index (χ0) is 21.3. The number of carbonyl (C=O) groups is 2. The first-order valence-electron chi connectivity index (χ1n) is 8.45. The van der Waals surface area contributed by atoms with E-state index in [-0.39, 0.29) is 31.6 Å². The number of hydroxylamine groups is 1. The Hall–Kier alpha value is -2.14. The van der Waals surface area contributed by atoms with Crippen molar-refractivity contribution in [1.82, 2.24) is 9.79 Å². The Bertz CT molecular complexity index is 804. The molecule has 1 aromatic carbocycles. The number of ether oxygens (including phenoxy) is 1. The van der Waals surface area contributed by atoms with Crippen LogP contribution in [0.15, 0.2) is 30.0 Å². The summed E-state index contributed by atoms with van der Waals surface area (Å²) in [7, 11) is -3.09. The van der Waals surface area contributed by atoms with Crippen LogP contribution in [0.25, 0.3) is 0 Å². The van der Waals surface area contributed by atoms with Gasteiger partial charge in [0.05, 0.1) is 18.2 Å². The first-order chi connectivity index (χ1) is 13.2. The summed E-state index contributed by atoms with van der Waals surface area (Å²) >= 11 is 5.95. The monoisotopic (exact) mass is 433 g/mol. The summed E-state index contributed by atoms with van der Waals surface area (Å²) in [6.07, 6.45) is 1.14. The second-order valence-corrected chi connectivity index (χ2v) is 7.25. The Kier molecular flexibility index (Phi) is 9.94. The standard InChI is InChI=1S/C17H24ClN3O6S/c1-3-27-17(23)14(16(19)13-7-6-12(18)9-11(13)2)10-21(28(25)26)8-4-5-15(22)20-24/h6-7,9-10,16,24,28H,3-5,8,19H2,1-2H3,(H,20,22)/b14-10+. The van der Waals surface area contributed by atoms with Gasteiger partial charge in [-0.25, -0.2) is 18.7 Å². The van der Waals surface area contributed by atoms with Gasteiger partial charge in [-0.3, -0.25) is 14.3 Å². The number of halogens is 1. The number of benzene rings is 1. The minimum atomic E-state index is -3.09. The van der Waals surface area contributed by atoms with Gasteiger partial charge < -0.3 is 10.5 Å². The SMILES string of the molecule is CCOC(=O)/C(=C/N(CCCC(=O)NO)[SH](=O)=O)C(N)c1ccc(Cl)cc1C. The molecule has 11 heteroatoms. The lowest BCUT2D eigenvalue weighted by Gasteiger charge is -2.20. The molecule has 1 atom stereocenters. The molecule has 156 valence electrons. The van der Waals surface area contributed by atoms with Crippen LogP contribution in [-0.2, 0) is 25.2 Å². The van der Waals surface area contributed by atoms with Crippen molar-refractivity contribution in [2.75, 3.05) is 13.2 Å². The van der Waals surface area contributed by atoms with Gasteiger partial charge >= 0.3 is 5.97 Å². The molecule has 0 aromatic heterocycles. The summed E-state index contributed by atoms with van der Waals surface area (Å²) in [5.41, 5.74) is 8.96. The van der Waals surface area contributed by atoms with Crippen LogP contribution >= 0.6 is 11.6 Å². The Balaban J connectivity index is 3.21. The van der Waals surface area contributed by atoms with Gasteiger partial charge in [-0.1, -0.05) is 17.7 Å². The van der Waals surface area contributed by atoms with E-state index in [4.69, 9.17) is 27.3 Å². The number of thiol groups is 1. The first-order valence-corrected chi connectivity index (χ1v) is 9.96. The maximum Gasteiger partial charge on any atom is 0.337 e. The third kappa shape index (κ3) is 7.12. The zero-order valence-electron chi connectivity index (χ0n) is 15.6. The van der Waals surface area contributed by atoms with Crippen molar-refractivity contribution in [3.05, 3.63) is 46.1 Å². The van der Waals surface area contributed by atoms with E-state index in [2.05, 4.69) is 0 Å². The van der Waals surface area contributed by atoms with Crippen LogP contribution in [-0.4, -0.2) is 43.0 Å². The maximum atomic E-state index is 12.4. The molecule has 0 bridgehead atoms. The van der Waals surface area contributed by atoms with E-state index >= 15 is 0 Å². The minimum absolute atomic E-state index is 0.0573. The second-order valence-electron chi connectivity index (χ2n) is 5.82. The molecule has 1 amide bonds. The summed E-state index contributed by atoms with van der Waals surface area (Å²) in [5.74, 6) is -1.40. The minimum Gasteiger partial charge on any atom is -0.463 e. The molecule has 1 aromatic rings. The average molecular weight is 434 g/mol. The molecule has 0 saturated carbocycles. The lowest BCUT2D eigenvalue weighted by molar-refractivity contribution is -0.139. The van der Waals surface area contributed by atoms with Crippen LogP contribution in [0.5, 0.6) is 0 Å². The number of nitrogens with zero attached hydrogens (tertiary/aromatic N) is 1. The van der Waals surface area contributed by atoms with E-state index in [0.29, 0.717) is 10.6 Å². The fraction of sp³-hybridized carbons (Fsp3) is 0.412. The fourth-order valence-corrected chi connectivity index (χ4v) is 3.19. The van der Waals surface area contributed by atoms with Crippen molar-refractivity contribution < 1.29 is 28.0 Å². The topological polar surface area (TPSA) is 139 Å². The van der Waals surface area contributed by atoms with Crippen molar-refractivity contribution >= 4 is 34.4 Å². The number of hydrogen-bond acceptors (Lipinski definition) is 7. The fourth-order valence-electron chi connectivity index (χ4n) is 2.44. The molecule has 0 saturated heterocycles. The second kappa shape index (κ2) is 11.6. The lowest BCUT2D eigenvalue weighted by atomic mass is 9.96. The lowest BCUT2D eigenvalue weighted by Crippen LogP contribution is -2.27. The summed E-state index contributed by atoms with van der Waals surface area (Å²) in [6.45, 7) is 3.39. The Morgan fingerprint density at radius 1 is 1.43 bits per heavy atom. The molecule has 0 aliphatic heterocycles. The van der Waals surface area contributed by atoms with E-state index in [1.807, 2.05) is 0 Å². The van der Waals surface area contributed by atoms with Crippen molar-refractivity contribution in [2.45, 2.75) is 32.7 Å². The Morgan fingerprint density at radius 3 is 2.64 bits per heavy atom. The first kappa shape index (κ1) is 23.9. The van der Waals surface area contributed by atoms with Crippen LogP contribution in [0.2, 0.25) is 5.02 Å². The van der Waals surface area contributed by atoms with E-state index in [1.165, 1.54) is 5.48 Å². The molecular weight excluding hydrogens is 410 g/mol. The van der Waals surface area contributed by atoms with Gasteiger partial charge in [0.2, 0.25) is 16.8 Å². The van der Waals surface area contributed by atoms with Crippen LogP contribution in [0, 0.1) is 6.92 Å². The maximum absolute atomic E-state index is 12.4. The number of amides is 1. The number of rotatable bonds is 10. The smallest absolute Gasteiger partial charge is 0.337 e. The van der Waals surface area contributed by atoms with Crippen LogP contribution in [0.3, 0.4) is 0 Å². The molecule has 0 aliphatic carbocycles. The third-order valence-electron chi connectivity index (χ3n) is 3.83. The molecule has 4 N–H and O–H groups in total. The largest absolute Gasteiger partial charge is 0.463 e. The predicted octanol–water partition coefficient (Wildman–Crippen LogP) is 1.21. The van der Waals surface area contributed by atoms with Gasteiger partial charge in [0.15, 0.2) is 0 Å². The van der Waals surface area contributed by atoms with Crippen LogP contribution in [0.1, 0.15) is 36.9 Å². The van der Waals surface area contributed by atoms with Gasteiger partial charge in [-0.05, 0) is 43.5 Å². The van der Waals surface area contributed by atoms with Gasteiger partial charge in [0, 0.05) is 24.2 Å². The number of nitrogens with two attached hydrogens (primary N) is 1. The molecule has 0 aliphatic rings. The van der Waals surface area contributed by atoms with Crippen molar-refractivity contribution in [3.8, 4) is 0 Å². The highest BCUT2D eigenvalue weighted by Crippen LogP contribution is 2.26. The van der Waals surface area contributed by atoms with Gasteiger partial charge in [-0.15, -0.1) is 0 Å². The number of hydrogen-bond donors (Lipinski definition) is 4. The average Bonchev–Trinajstić information content (AvgIpc) is 2.63. The van der Waals surface area contributed by atoms with E-state index in [1.54, 1.807) is 32.0 Å². The Morgan fingerprint density at radius 2 is 2.11 bits per heavy atom. The van der Waals surface area contributed by atoms with Crippen molar-refractivity contribution in [2.24, 2.45) is 5.73 Å². The van der Waals surface area contributed by atoms with Crippen molar-refractivity contribution in [1.29, 1.82) is 0 Å². The summed E-state index contributed by atoms with van der Waals surface area (Å²) in [4.78, 5) is 23.5. The molecule has 1 rings (SSSR count).